The van der Waals surface area contributed by atoms with Gasteiger partial charge in [0.2, 0.25) is 11.9 Å². The van der Waals surface area contributed by atoms with Crippen molar-refractivity contribution in [2.45, 2.75) is 77.2 Å². The molecule has 2 atom stereocenters. The second-order valence-corrected chi connectivity index (χ2v) is 12.2. The molecule has 3 aromatic rings. The summed E-state index contributed by atoms with van der Waals surface area (Å²) in [5.74, 6) is 0.744. The molecule has 1 aromatic carbocycles. The van der Waals surface area contributed by atoms with Crippen molar-refractivity contribution < 1.29 is 27.8 Å². The van der Waals surface area contributed by atoms with Crippen LogP contribution in [0.3, 0.4) is 0 Å². The first kappa shape index (κ1) is 28.9. The Labute approximate surface area is 236 Å². The quantitative estimate of drug-likeness (QED) is 0.325. The van der Waals surface area contributed by atoms with E-state index in [1.807, 2.05) is 25.3 Å². The number of rotatable bonds is 5. The molecule has 10 nitrogen and oxygen atoms in total. The van der Waals surface area contributed by atoms with E-state index < -0.39 is 17.8 Å². The molecule has 5 rings (SSSR count). The van der Waals surface area contributed by atoms with Gasteiger partial charge in [-0.2, -0.15) is 18.2 Å². The van der Waals surface area contributed by atoms with Crippen LogP contribution < -0.4 is 10.6 Å². The molecule has 0 saturated carbocycles. The van der Waals surface area contributed by atoms with Gasteiger partial charge in [-0.1, -0.05) is 26.8 Å². The van der Waals surface area contributed by atoms with Gasteiger partial charge >= 0.3 is 12.3 Å². The van der Waals surface area contributed by atoms with Gasteiger partial charge in [0, 0.05) is 43.1 Å². The monoisotopic (exact) mass is 575 g/mol. The Bertz CT molecular complexity index is 1410. The lowest BCUT2D eigenvalue weighted by Crippen LogP contribution is -2.51. The standard InChI is InChI=1S/C28H36F3N7O3/c1-26(2,3)21-15-19(8-11-37(21)25(39)40)38-22-20(16-32-23(35-22)36-27(4)9-12-41-13-10-27)34-24(38)33-18-7-5-6-17(14-18)28(29,30)31/h5-7,14,16,19,21H,8-13,15H2,1-4H3,(H,33,34)(H,39,40)(H,32,35,36). The van der Waals surface area contributed by atoms with Crippen molar-refractivity contribution in [3.63, 3.8) is 0 Å². The average Bonchev–Trinajstić information content (AvgIpc) is 3.24. The van der Waals surface area contributed by atoms with Gasteiger partial charge in [-0.3, -0.25) is 4.57 Å². The fraction of sp³-hybridized carbons (Fsp3) is 0.571. The fourth-order valence-corrected chi connectivity index (χ4v) is 5.74. The van der Waals surface area contributed by atoms with Crippen molar-refractivity contribution in [3.05, 3.63) is 36.0 Å². The Morgan fingerprint density at radius 2 is 1.90 bits per heavy atom. The summed E-state index contributed by atoms with van der Waals surface area (Å²) in [5.41, 5.74) is -0.137. The zero-order valence-electron chi connectivity index (χ0n) is 23.6. The molecule has 3 N–H and O–H groups in total. The predicted molar refractivity (Wildman–Crippen MR) is 148 cm³/mol. The minimum absolute atomic E-state index is 0.213. The van der Waals surface area contributed by atoms with E-state index in [-0.39, 0.29) is 28.7 Å². The zero-order valence-corrected chi connectivity index (χ0v) is 23.6. The number of benzene rings is 1. The average molecular weight is 576 g/mol. The van der Waals surface area contributed by atoms with Crippen LogP contribution in [0.5, 0.6) is 0 Å². The van der Waals surface area contributed by atoms with E-state index in [2.05, 4.69) is 27.5 Å². The summed E-state index contributed by atoms with van der Waals surface area (Å²) < 4.78 is 47.7. The van der Waals surface area contributed by atoms with E-state index in [4.69, 9.17) is 9.72 Å². The molecule has 0 aliphatic carbocycles. The molecule has 2 unspecified atom stereocenters. The highest BCUT2D eigenvalue weighted by Gasteiger charge is 2.40. The third-order valence-corrected chi connectivity index (χ3v) is 8.07. The molecule has 2 saturated heterocycles. The largest absolute Gasteiger partial charge is 0.465 e. The van der Waals surface area contributed by atoms with Crippen LogP contribution in [-0.2, 0) is 10.9 Å². The number of imidazole rings is 1. The van der Waals surface area contributed by atoms with Gasteiger partial charge in [-0.15, -0.1) is 0 Å². The van der Waals surface area contributed by atoms with Gasteiger partial charge in [0.25, 0.3) is 0 Å². The number of anilines is 3. The number of carboxylic acid groups (broad SMARTS) is 1. The van der Waals surface area contributed by atoms with Crippen molar-refractivity contribution in [3.8, 4) is 0 Å². The first-order chi connectivity index (χ1) is 19.2. The normalized spacial score (nSPS) is 21.6. The van der Waals surface area contributed by atoms with Crippen LogP contribution in [0.1, 0.15) is 65.0 Å². The Kier molecular flexibility index (Phi) is 7.51. The number of piperidine rings is 1. The molecular weight excluding hydrogens is 539 g/mol. The van der Waals surface area contributed by atoms with E-state index in [1.165, 1.54) is 11.0 Å². The van der Waals surface area contributed by atoms with Crippen molar-refractivity contribution in [2.75, 3.05) is 30.4 Å². The van der Waals surface area contributed by atoms with Gasteiger partial charge in [0.05, 0.1) is 11.8 Å². The summed E-state index contributed by atoms with van der Waals surface area (Å²) in [6, 6.07) is 4.45. The van der Waals surface area contributed by atoms with Gasteiger partial charge in [0.1, 0.15) is 5.52 Å². The Morgan fingerprint density at radius 3 is 2.56 bits per heavy atom. The first-order valence-corrected chi connectivity index (χ1v) is 13.8. The summed E-state index contributed by atoms with van der Waals surface area (Å²) in [6.07, 6.45) is -1.31. The van der Waals surface area contributed by atoms with Crippen molar-refractivity contribution in [2.24, 2.45) is 5.41 Å². The van der Waals surface area contributed by atoms with Crippen LogP contribution in [0.4, 0.5) is 35.5 Å². The van der Waals surface area contributed by atoms with E-state index in [9.17, 15) is 23.1 Å². The molecular formula is C28H36F3N7O3. The second-order valence-electron chi connectivity index (χ2n) is 12.2. The molecule has 222 valence electrons. The van der Waals surface area contributed by atoms with E-state index >= 15 is 0 Å². The Balaban J connectivity index is 1.57. The lowest BCUT2D eigenvalue weighted by atomic mass is 9.79. The molecule has 2 aliphatic heterocycles. The van der Waals surface area contributed by atoms with Crippen LogP contribution in [0.2, 0.25) is 0 Å². The maximum absolute atomic E-state index is 13.4. The van der Waals surface area contributed by atoms with Crippen molar-refractivity contribution in [1.29, 1.82) is 0 Å². The molecule has 4 heterocycles. The van der Waals surface area contributed by atoms with E-state index in [1.54, 1.807) is 12.3 Å². The molecule has 0 bridgehead atoms. The number of hydrogen-bond donors (Lipinski definition) is 3. The molecule has 13 heteroatoms. The maximum Gasteiger partial charge on any atom is 0.416 e. The van der Waals surface area contributed by atoms with Gasteiger partial charge in [-0.05, 0) is 56.2 Å². The molecule has 2 aliphatic rings. The second kappa shape index (κ2) is 10.7. The lowest BCUT2D eigenvalue weighted by Gasteiger charge is -2.45. The molecule has 0 radical (unpaired) electrons. The zero-order chi connectivity index (χ0) is 29.6. The van der Waals surface area contributed by atoms with Crippen LogP contribution in [-0.4, -0.2) is 67.0 Å². The highest BCUT2D eigenvalue weighted by atomic mass is 19.4. The van der Waals surface area contributed by atoms with E-state index in [0.717, 1.165) is 25.0 Å². The van der Waals surface area contributed by atoms with Crippen LogP contribution in [0, 0.1) is 5.41 Å². The number of nitrogens with zero attached hydrogens (tertiary/aromatic N) is 5. The number of carbonyl (C=O) groups is 1. The minimum Gasteiger partial charge on any atom is -0.465 e. The summed E-state index contributed by atoms with van der Waals surface area (Å²) >= 11 is 0. The number of fused-ring (bicyclic) bond motifs is 1. The van der Waals surface area contributed by atoms with Crippen LogP contribution in [0.15, 0.2) is 30.5 Å². The van der Waals surface area contributed by atoms with Gasteiger partial charge in [-0.25, -0.2) is 14.8 Å². The predicted octanol–water partition coefficient (Wildman–Crippen LogP) is 6.30. The number of ether oxygens (including phenoxy) is 1. The summed E-state index contributed by atoms with van der Waals surface area (Å²) in [6.45, 7) is 9.67. The third-order valence-electron chi connectivity index (χ3n) is 8.07. The summed E-state index contributed by atoms with van der Waals surface area (Å²) in [4.78, 5) is 27.6. The number of alkyl halides is 3. The number of halogens is 3. The Hall–Kier alpha value is -3.61. The molecule has 2 aromatic heterocycles. The third kappa shape index (κ3) is 6.19. The summed E-state index contributed by atoms with van der Waals surface area (Å²) in [7, 11) is 0. The molecule has 41 heavy (non-hydrogen) atoms. The van der Waals surface area contributed by atoms with Crippen molar-refractivity contribution >= 4 is 34.8 Å². The highest BCUT2D eigenvalue weighted by molar-refractivity contribution is 5.77. The van der Waals surface area contributed by atoms with Gasteiger partial charge < -0.3 is 25.4 Å². The topological polar surface area (TPSA) is 117 Å². The van der Waals surface area contributed by atoms with Crippen LogP contribution in [0.25, 0.3) is 11.2 Å². The SMILES string of the molecule is CC1(Nc2ncc3nc(Nc4cccc(C(F)(F)F)c4)n(C4CCN(C(=O)O)C(C(C)(C)C)C4)c3n2)CCOCC1. The number of nitrogens with one attached hydrogen (secondary N) is 2. The maximum atomic E-state index is 13.4. The van der Waals surface area contributed by atoms with Crippen molar-refractivity contribution in [1.82, 2.24) is 24.4 Å². The molecule has 2 fully saturated rings. The lowest BCUT2D eigenvalue weighted by molar-refractivity contribution is -0.137. The number of amides is 1. The van der Waals surface area contributed by atoms with Gasteiger partial charge in [0.15, 0.2) is 5.65 Å². The highest BCUT2D eigenvalue weighted by Crippen LogP contribution is 2.40. The first-order valence-electron chi connectivity index (χ1n) is 13.8. The number of hydrogen-bond acceptors (Lipinski definition) is 7. The minimum atomic E-state index is -4.49. The fourth-order valence-electron chi connectivity index (χ4n) is 5.74. The smallest absolute Gasteiger partial charge is 0.416 e. The van der Waals surface area contributed by atoms with E-state index in [0.29, 0.717) is 55.7 Å². The molecule has 0 spiro atoms. The molecule has 1 amide bonds. The number of aromatic nitrogens is 4. The number of likely N-dealkylation sites (tertiary alicyclic amines) is 1. The Morgan fingerprint density at radius 1 is 1.17 bits per heavy atom. The van der Waals surface area contributed by atoms with Crippen LogP contribution >= 0.6 is 0 Å². The summed E-state index contributed by atoms with van der Waals surface area (Å²) in [5, 5.41) is 16.4.